The molecular weight excluding hydrogens is 235 g/mol. The molecule has 3 nitrogen and oxygen atoms in total. The Bertz CT molecular complexity index is 122. The first-order valence-corrected chi connectivity index (χ1v) is 2.82. The topological polar surface area (TPSA) is 43.4 Å². The summed E-state index contributed by atoms with van der Waals surface area (Å²) in [6.07, 6.45) is -0.103. The van der Waals surface area contributed by atoms with E-state index in [-0.39, 0.29) is 38.0 Å². The molecule has 0 aromatic heterocycles. The number of hydrogen-bond donors (Lipinski definition) is 0. The molecule has 0 amide bonds. The van der Waals surface area contributed by atoms with Gasteiger partial charge in [-0.3, -0.25) is 9.59 Å². The van der Waals surface area contributed by atoms with Crippen molar-refractivity contribution in [1.82, 2.24) is 0 Å². The van der Waals surface area contributed by atoms with Gasteiger partial charge >= 0.3 is 31.8 Å². The first-order chi connectivity index (χ1) is 4.16. The van der Waals surface area contributed by atoms with Crippen LogP contribution in [0.5, 0.6) is 0 Å². The van der Waals surface area contributed by atoms with E-state index < -0.39 is 5.97 Å². The summed E-state index contributed by atoms with van der Waals surface area (Å²) < 4.78 is 4.49. The van der Waals surface area contributed by atoms with Crippen LogP contribution in [0.25, 0.3) is 0 Å². The monoisotopic (exact) mass is 248 g/mol. The van der Waals surface area contributed by atoms with Gasteiger partial charge in [0.15, 0.2) is 0 Å². The number of ether oxygens (including phenoxy) is 1. The molecule has 58 valence electrons. The zero-order valence-corrected chi connectivity index (χ0v) is 5.64. The number of carbonyl (C=O) groups excluding carboxylic acids is 2. The van der Waals surface area contributed by atoms with Crippen LogP contribution in [0.4, 0.5) is 0 Å². The molecule has 0 spiro atoms. The van der Waals surface area contributed by atoms with Gasteiger partial charge < -0.3 is 4.74 Å². The van der Waals surface area contributed by atoms with Gasteiger partial charge in [-0.05, 0) is 13.8 Å². The van der Waals surface area contributed by atoms with E-state index in [4.69, 9.17) is 0 Å². The molecule has 0 saturated carbocycles. The third kappa shape index (κ3) is 8.01. The Morgan fingerprint density at radius 2 is 1.90 bits per heavy atom. The number of hydrogen-bond acceptors (Lipinski definition) is 3. The zero-order chi connectivity index (χ0) is 7.28. The fourth-order valence-electron chi connectivity index (χ4n) is 0.415. The summed E-state index contributed by atoms with van der Waals surface area (Å²) in [6.45, 7) is 3.40. The third-order valence-corrected chi connectivity index (χ3v) is 0.699. The molecule has 0 radical (unpaired) electrons. The average molecular weight is 248 g/mol. The molecule has 10 heavy (non-hydrogen) atoms. The van der Waals surface area contributed by atoms with Crippen LogP contribution in [0.3, 0.4) is 0 Å². The van der Waals surface area contributed by atoms with Crippen LogP contribution in [0.15, 0.2) is 0 Å². The molecule has 4 heteroatoms. The molecule has 0 rings (SSSR count). The summed E-state index contributed by atoms with van der Waals surface area (Å²) in [6, 6.07) is 0. The fourth-order valence-corrected chi connectivity index (χ4v) is 0.415. The van der Waals surface area contributed by atoms with Gasteiger partial charge in [-0.1, -0.05) is 0 Å². The molecule has 0 aromatic rings. The van der Waals surface area contributed by atoms with Crippen LogP contribution in [-0.2, 0) is 14.3 Å². The Labute approximate surface area is 78.9 Å². The Hall–Kier alpha value is 0.0101. The minimum absolute atomic E-state index is 0. The number of esters is 1. The number of ketones is 1. The van der Waals surface area contributed by atoms with E-state index in [0.717, 1.165) is 0 Å². The Morgan fingerprint density at radius 1 is 1.40 bits per heavy atom. The molecule has 0 unspecified atom stereocenters. The van der Waals surface area contributed by atoms with Gasteiger partial charge in [0, 0.05) is 0 Å². The van der Waals surface area contributed by atoms with E-state index in [1.54, 1.807) is 6.92 Å². The third-order valence-electron chi connectivity index (χ3n) is 0.699. The first-order valence-electron chi connectivity index (χ1n) is 2.82. The first kappa shape index (κ1) is 12.7. The minimum atomic E-state index is -0.440. The number of Topliss-reactive ketones (excluding diaryl/α,β-unsaturated/α-hetero) is 1. The predicted molar refractivity (Wildman–Crippen MR) is 41.9 cm³/mol. The van der Waals surface area contributed by atoms with E-state index in [1.165, 1.54) is 6.92 Å². The molecule has 0 saturated heterocycles. The second-order valence-electron chi connectivity index (χ2n) is 1.68. The van der Waals surface area contributed by atoms with Crippen molar-refractivity contribution in [2.24, 2.45) is 0 Å². The van der Waals surface area contributed by atoms with E-state index in [0.29, 0.717) is 6.61 Å². The summed E-state index contributed by atoms with van der Waals surface area (Å²) in [5, 5.41) is 0. The Morgan fingerprint density at radius 3 is 2.20 bits per heavy atom. The van der Waals surface area contributed by atoms with E-state index in [9.17, 15) is 9.59 Å². The van der Waals surface area contributed by atoms with Crippen molar-refractivity contribution >= 4 is 37.6 Å². The quantitative estimate of drug-likeness (QED) is 0.492. The molecule has 0 aliphatic rings. The molecule has 0 N–H and O–H groups in total. The second kappa shape index (κ2) is 7.12. The van der Waals surface area contributed by atoms with Crippen molar-refractivity contribution in [2.45, 2.75) is 20.3 Å². The number of rotatable bonds is 3. The van der Waals surface area contributed by atoms with Crippen molar-refractivity contribution in [3.63, 3.8) is 0 Å². The predicted octanol–water partition coefficient (Wildman–Crippen LogP) is -0.655. The fraction of sp³-hybridized carbons (Fsp3) is 0.667. The molecule has 0 atom stereocenters. The van der Waals surface area contributed by atoms with E-state index in [2.05, 4.69) is 4.74 Å². The van der Waals surface area contributed by atoms with Gasteiger partial charge in [-0.2, -0.15) is 0 Å². The van der Waals surface area contributed by atoms with Crippen molar-refractivity contribution in [3.8, 4) is 0 Å². The van der Waals surface area contributed by atoms with Gasteiger partial charge in [0.25, 0.3) is 0 Å². The maximum atomic E-state index is 10.4. The van der Waals surface area contributed by atoms with Gasteiger partial charge in [-0.15, -0.1) is 0 Å². The van der Waals surface area contributed by atoms with Gasteiger partial charge in [0.05, 0.1) is 6.61 Å². The van der Waals surface area contributed by atoms with Crippen LogP contribution in [0.1, 0.15) is 20.3 Å². The van der Waals surface area contributed by atoms with E-state index in [1.807, 2.05) is 0 Å². The SMILES string of the molecule is CCOC(=O)CC(C)=O.[InH3]. The van der Waals surface area contributed by atoms with Crippen molar-refractivity contribution in [2.75, 3.05) is 6.61 Å². The normalized spacial score (nSPS) is 7.80. The van der Waals surface area contributed by atoms with Gasteiger partial charge in [0.1, 0.15) is 12.2 Å². The standard InChI is InChI=1S/C6H10O3.In.3H/c1-3-9-6(8)4-5(2)7;;;;/h3-4H2,1-2H3;;;;. The summed E-state index contributed by atoms with van der Waals surface area (Å²) in [5.74, 6) is -0.599. The van der Waals surface area contributed by atoms with Crippen LogP contribution in [0.2, 0.25) is 0 Å². The van der Waals surface area contributed by atoms with Gasteiger partial charge in [-0.25, -0.2) is 0 Å². The van der Waals surface area contributed by atoms with Crippen LogP contribution in [-0.4, -0.2) is 44.2 Å². The summed E-state index contributed by atoms with van der Waals surface area (Å²) in [4.78, 5) is 20.6. The molecule has 0 aromatic carbocycles. The molecule has 0 heterocycles. The van der Waals surface area contributed by atoms with Crippen molar-refractivity contribution < 1.29 is 14.3 Å². The Balaban J connectivity index is 0. The van der Waals surface area contributed by atoms with Crippen LogP contribution >= 0.6 is 0 Å². The molecule has 0 bridgehead atoms. The van der Waals surface area contributed by atoms with Gasteiger partial charge in [0.2, 0.25) is 0 Å². The van der Waals surface area contributed by atoms with Crippen molar-refractivity contribution in [3.05, 3.63) is 0 Å². The molecular formula is C6H13InO3. The van der Waals surface area contributed by atoms with E-state index >= 15 is 0 Å². The second-order valence-corrected chi connectivity index (χ2v) is 1.68. The summed E-state index contributed by atoms with van der Waals surface area (Å²) in [5.41, 5.74) is 0. The Kier molecular flexibility index (Phi) is 9.02. The molecule has 0 aliphatic carbocycles. The summed E-state index contributed by atoms with van der Waals surface area (Å²) >= 11 is 0. The maximum absolute atomic E-state index is 10.4. The number of carbonyl (C=O) groups is 2. The zero-order valence-electron chi connectivity index (χ0n) is 5.64. The van der Waals surface area contributed by atoms with Crippen LogP contribution < -0.4 is 0 Å². The molecule has 0 fully saturated rings. The molecule has 0 aliphatic heterocycles. The van der Waals surface area contributed by atoms with Crippen molar-refractivity contribution in [1.29, 1.82) is 0 Å². The average Bonchev–Trinajstić information content (AvgIpc) is 1.63. The summed E-state index contributed by atoms with van der Waals surface area (Å²) in [7, 11) is 0. The van der Waals surface area contributed by atoms with Crippen LogP contribution in [0, 0.1) is 0 Å².